The van der Waals surface area contributed by atoms with Gasteiger partial charge in [-0.25, -0.2) is 4.57 Å². The summed E-state index contributed by atoms with van der Waals surface area (Å²) in [6.07, 6.45) is 25.5. The van der Waals surface area contributed by atoms with Gasteiger partial charge in [-0.3, -0.25) is 18.4 Å². The van der Waals surface area contributed by atoms with Gasteiger partial charge in [-0.05, 0) is 19.3 Å². The minimum atomic E-state index is -3.66. The fourth-order valence-electron chi connectivity index (χ4n) is 4.59. The van der Waals surface area contributed by atoms with Crippen molar-refractivity contribution in [3.8, 4) is 0 Å². The molecule has 0 aromatic rings. The van der Waals surface area contributed by atoms with Crippen LogP contribution in [0.4, 0.5) is 0 Å². The van der Waals surface area contributed by atoms with E-state index in [0.29, 0.717) is 39.1 Å². The number of unbranched alkanes of at least 4 members (excludes halogenated alkanes) is 18. The van der Waals surface area contributed by atoms with Crippen molar-refractivity contribution >= 4 is 13.8 Å². The van der Waals surface area contributed by atoms with Crippen LogP contribution in [0.15, 0.2) is 0 Å². The first-order valence-corrected chi connectivity index (χ1v) is 18.1. The highest BCUT2D eigenvalue weighted by atomic mass is 31.2. The van der Waals surface area contributed by atoms with Crippen molar-refractivity contribution < 1.29 is 37.5 Å². The van der Waals surface area contributed by atoms with Gasteiger partial charge < -0.3 is 14.6 Å². The molecule has 8 nitrogen and oxygen atoms in total. The van der Waals surface area contributed by atoms with Crippen LogP contribution in [0, 0.1) is 6.92 Å². The minimum Gasteiger partial charge on any atom is -0.481 e. The number of hydrogen-bond acceptors (Lipinski definition) is 7. The second kappa shape index (κ2) is 30.8. The third-order valence-corrected chi connectivity index (χ3v) is 8.53. The number of aliphatic carboxylic acids is 1. The highest BCUT2D eigenvalue weighted by Crippen LogP contribution is 2.48. The molecular weight excluding hydrogens is 543 g/mol. The van der Waals surface area contributed by atoms with Crippen molar-refractivity contribution in [2.45, 2.75) is 154 Å². The van der Waals surface area contributed by atoms with Crippen molar-refractivity contribution in [1.82, 2.24) is 0 Å². The molecule has 0 rings (SSSR count). The molecule has 1 N–H and O–H groups in total. The first-order chi connectivity index (χ1) is 20.0. The zero-order valence-electron chi connectivity index (χ0n) is 26.6. The average molecular weight is 608 g/mol. The van der Waals surface area contributed by atoms with Crippen LogP contribution in [0.2, 0.25) is 0 Å². The molecule has 0 aliphatic rings. The fraction of sp³-hybridized carbons (Fsp3) is 0.938. The molecule has 0 bridgehead atoms. The van der Waals surface area contributed by atoms with E-state index in [1.807, 2.05) is 0 Å². The Kier molecular flexibility index (Phi) is 30.3. The van der Waals surface area contributed by atoms with Crippen LogP contribution in [0.5, 0.6) is 0 Å². The van der Waals surface area contributed by atoms with Crippen LogP contribution >= 0.6 is 7.82 Å². The van der Waals surface area contributed by atoms with Crippen LogP contribution in [0.3, 0.4) is 0 Å². The average Bonchev–Trinajstić information content (AvgIpc) is 2.97. The fourth-order valence-corrected chi connectivity index (χ4v) is 5.57. The Bertz CT molecular complexity index is 604. The summed E-state index contributed by atoms with van der Waals surface area (Å²) in [6, 6.07) is 0. The van der Waals surface area contributed by atoms with E-state index in [1.165, 1.54) is 110 Å². The van der Waals surface area contributed by atoms with Gasteiger partial charge in [0, 0.05) is 26.7 Å². The van der Waals surface area contributed by atoms with Crippen LogP contribution in [-0.2, 0) is 32.4 Å². The minimum absolute atomic E-state index is 0.000314. The maximum absolute atomic E-state index is 12.5. The number of carboxylic acid groups (broad SMARTS) is 1. The Morgan fingerprint density at radius 2 is 1.17 bits per heavy atom. The number of hydrogen-bond donors (Lipinski definition) is 1. The van der Waals surface area contributed by atoms with E-state index >= 15 is 0 Å². The van der Waals surface area contributed by atoms with E-state index in [4.69, 9.17) is 28.2 Å². The molecule has 0 saturated heterocycles. The predicted octanol–water partition coefficient (Wildman–Crippen LogP) is 9.70. The largest absolute Gasteiger partial charge is 0.481 e. The monoisotopic (exact) mass is 607 g/mol. The van der Waals surface area contributed by atoms with Gasteiger partial charge in [-0.15, -0.1) is 0 Å². The lowest BCUT2D eigenvalue weighted by atomic mass is 10.0. The lowest BCUT2D eigenvalue weighted by molar-refractivity contribution is -0.137. The second-order valence-electron chi connectivity index (χ2n) is 11.0. The Hall–Kier alpha value is -0.630. The topological polar surface area (TPSA) is 101 Å². The zero-order valence-corrected chi connectivity index (χ0v) is 27.5. The van der Waals surface area contributed by atoms with Gasteiger partial charge in [0.2, 0.25) is 0 Å². The van der Waals surface area contributed by atoms with Gasteiger partial charge in [-0.1, -0.05) is 116 Å². The Morgan fingerprint density at radius 3 is 1.63 bits per heavy atom. The summed E-state index contributed by atoms with van der Waals surface area (Å²) in [7, 11) is -2.38. The molecule has 41 heavy (non-hydrogen) atoms. The lowest BCUT2D eigenvalue weighted by Crippen LogP contribution is -2.26. The molecule has 9 heteroatoms. The number of phosphoric acid groups is 1. The Balaban J connectivity index is 3.81. The van der Waals surface area contributed by atoms with E-state index in [9.17, 15) is 9.36 Å². The van der Waals surface area contributed by atoms with Gasteiger partial charge >= 0.3 is 13.8 Å². The van der Waals surface area contributed by atoms with E-state index in [0.717, 1.165) is 12.8 Å². The normalized spacial score (nSPS) is 13.8. The molecule has 0 aromatic heterocycles. The van der Waals surface area contributed by atoms with Gasteiger partial charge in [0.1, 0.15) is 12.5 Å². The number of rotatable bonds is 34. The number of carboxylic acids is 1. The van der Waals surface area contributed by atoms with Gasteiger partial charge in [0.15, 0.2) is 0 Å². The van der Waals surface area contributed by atoms with Crippen molar-refractivity contribution in [2.75, 3.05) is 40.1 Å². The lowest BCUT2D eigenvalue weighted by Gasteiger charge is -2.21. The number of carbonyl (C=O) groups is 1. The summed E-state index contributed by atoms with van der Waals surface area (Å²) in [6.45, 7) is 7.42. The molecule has 244 valence electrons. The summed E-state index contributed by atoms with van der Waals surface area (Å²) < 4.78 is 39.7. The molecule has 0 radical (unpaired) electrons. The van der Waals surface area contributed by atoms with Crippen molar-refractivity contribution in [1.29, 1.82) is 0 Å². The summed E-state index contributed by atoms with van der Waals surface area (Å²) in [5, 5.41) is 8.78. The zero-order chi connectivity index (χ0) is 30.3. The van der Waals surface area contributed by atoms with Crippen molar-refractivity contribution in [3.05, 3.63) is 6.92 Å². The number of ether oxygens (including phenoxy) is 2. The molecular formula is C32H64O8P+. The molecule has 0 fully saturated rings. The van der Waals surface area contributed by atoms with Crippen molar-refractivity contribution in [3.63, 3.8) is 0 Å². The van der Waals surface area contributed by atoms with Crippen LogP contribution in [0.25, 0.3) is 0 Å². The summed E-state index contributed by atoms with van der Waals surface area (Å²) in [4.78, 5) is 10.7. The quantitative estimate of drug-likeness (QED) is 0.0438. The SMILES string of the molecule is [CH2+]CCOP(=O)(OC)OCC(COCCCCCCCCCCCCCCCCCCCC)OCCCCC(=O)O. The van der Waals surface area contributed by atoms with Gasteiger partial charge in [0.25, 0.3) is 0 Å². The Morgan fingerprint density at radius 1 is 0.683 bits per heavy atom. The molecule has 2 unspecified atom stereocenters. The van der Waals surface area contributed by atoms with E-state index in [-0.39, 0.29) is 19.6 Å². The predicted molar refractivity (Wildman–Crippen MR) is 167 cm³/mol. The van der Waals surface area contributed by atoms with Crippen molar-refractivity contribution in [2.24, 2.45) is 0 Å². The molecule has 0 spiro atoms. The van der Waals surface area contributed by atoms with Crippen LogP contribution < -0.4 is 0 Å². The van der Waals surface area contributed by atoms with Crippen LogP contribution in [-0.4, -0.2) is 57.3 Å². The molecule has 0 saturated carbocycles. The molecule has 0 aromatic carbocycles. The molecule has 0 heterocycles. The number of phosphoric ester groups is 1. The smallest absolute Gasteiger partial charge is 0.474 e. The first kappa shape index (κ1) is 40.4. The summed E-state index contributed by atoms with van der Waals surface area (Å²) >= 11 is 0. The van der Waals surface area contributed by atoms with E-state index in [2.05, 4.69) is 13.8 Å². The van der Waals surface area contributed by atoms with Gasteiger partial charge in [0.05, 0.1) is 26.7 Å². The van der Waals surface area contributed by atoms with E-state index < -0.39 is 19.9 Å². The second-order valence-corrected chi connectivity index (χ2v) is 12.8. The summed E-state index contributed by atoms with van der Waals surface area (Å²) in [5.41, 5.74) is 0. The third-order valence-electron chi connectivity index (χ3n) is 7.12. The van der Waals surface area contributed by atoms with Crippen LogP contribution in [0.1, 0.15) is 148 Å². The molecule has 0 aliphatic carbocycles. The van der Waals surface area contributed by atoms with Gasteiger partial charge in [-0.2, -0.15) is 0 Å². The van der Waals surface area contributed by atoms with E-state index in [1.54, 1.807) is 0 Å². The standard InChI is InChI=1S/C32H63O8P/c1-4-6-7-8-9-10-11-12-13-14-15-16-17-18-19-20-21-23-27-37-29-31(38-28-24-22-25-32(33)34)30-40-41(35,36-3)39-26-5-2/h31H,2,4-30H2,1,3H3/p+1. The third kappa shape index (κ3) is 29.2. The molecule has 0 amide bonds. The Labute approximate surface area is 252 Å². The highest BCUT2D eigenvalue weighted by Gasteiger charge is 2.27. The molecule has 2 atom stereocenters. The maximum atomic E-state index is 12.5. The first-order valence-electron chi connectivity index (χ1n) is 16.6. The molecule has 0 aliphatic heterocycles. The highest BCUT2D eigenvalue weighted by molar-refractivity contribution is 7.48. The summed E-state index contributed by atoms with van der Waals surface area (Å²) in [5.74, 6) is -0.818. The maximum Gasteiger partial charge on any atom is 0.474 e.